The third-order valence-corrected chi connectivity index (χ3v) is 7.21. The largest absolute Gasteiger partial charge is 0.464 e. The van der Waals surface area contributed by atoms with Gasteiger partial charge in [0.1, 0.15) is 5.41 Å². The monoisotopic (exact) mass is 492 g/mol. The molecule has 2 aromatic carbocycles. The van der Waals surface area contributed by atoms with Crippen LogP contribution in [0.15, 0.2) is 54.6 Å². The number of fused-ring (bicyclic) bond motifs is 2. The number of nitrogens with zero attached hydrogens (tertiary/aromatic N) is 1. The van der Waals surface area contributed by atoms with Gasteiger partial charge in [0.05, 0.1) is 18.9 Å². The van der Waals surface area contributed by atoms with Crippen LogP contribution in [0.1, 0.15) is 57.6 Å². The molecule has 36 heavy (non-hydrogen) atoms. The molecule has 4 rings (SSSR count). The summed E-state index contributed by atoms with van der Waals surface area (Å²) < 4.78 is 11.0. The minimum Gasteiger partial charge on any atom is -0.464 e. The van der Waals surface area contributed by atoms with Crippen LogP contribution in [0.25, 0.3) is 0 Å². The van der Waals surface area contributed by atoms with Gasteiger partial charge in [-0.3, -0.25) is 14.9 Å². The van der Waals surface area contributed by atoms with Gasteiger partial charge in [-0.25, -0.2) is 14.5 Å². The van der Waals surface area contributed by atoms with E-state index in [4.69, 9.17) is 9.47 Å². The Morgan fingerprint density at radius 1 is 0.917 bits per heavy atom. The second-order valence-corrected chi connectivity index (χ2v) is 9.10. The van der Waals surface area contributed by atoms with Crippen molar-refractivity contribution in [2.24, 2.45) is 0 Å². The van der Waals surface area contributed by atoms with Crippen molar-refractivity contribution in [1.82, 2.24) is 5.32 Å². The number of rotatable bonds is 7. The summed E-state index contributed by atoms with van der Waals surface area (Å²) in [7, 11) is 0. The number of para-hydroxylation sites is 1. The van der Waals surface area contributed by atoms with Gasteiger partial charge < -0.3 is 9.47 Å². The SMILES string of the molecule is CCC[C@H]1NC(C(=O)OCC)(C(=O)OCC)[C@@]2(C(=O)N(C(C)=O)c3ccccc32)[C@@H]1c1ccccc1. The molecule has 1 fully saturated rings. The average molecular weight is 493 g/mol. The second-order valence-electron chi connectivity index (χ2n) is 9.10. The lowest BCUT2D eigenvalue weighted by Gasteiger charge is -2.40. The molecule has 2 aromatic rings. The number of benzene rings is 2. The number of nitrogens with one attached hydrogen (secondary N) is 1. The minimum absolute atomic E-state index is 0.00153. The highest BCUT2D eigenvalue weighted by molar-refractivity contribution is 6.28. The molecular formula is C28H32N2O6. The van der Waals surface area contributed by atoms with Gasteiger partial charge in [-0.15, -0.1) is 0 Å². The molecule has 1 N–H and O–H groups in total. The van der Waals surface area contributed by atoms with Crippen molar-refractivity contribution in [1.29, 1.82) is 0 Å². The molecule has 0 aliphatic carbocycles. The molecular weight excluding hydrogens is 460 g/mol. The van der Waals surface area contributed by atoms with E-state index in [1.54, 1.807) is 38.1 Å². The van der Waals surface area contributed by atoms with Crippen LogP contribution in [0.4, 0.5) is 5.69 Å². The van der Waals surface area contributed by atoms with E-state index in [0.717, 1.165) is 16.9 Å². The molecule has 0 saturated carbocycles. The molecule has 2 heterocycles. The summed E-state index contributed by atoms with van der Waals surface area (Å²) >= 11 is 0. The Balaban J connectivity index is 2.17. The van der Waals surface area contributed by atoms with Crippen LogP contribution < -0.4 is 10.2 Å². The number of hydrogen-bond acceptors (Lipinski definition) is 7. The van der Waals surface area contributed by atoms with Gasteiger partial charge in [0.25, 0.3) is 0 Å². The van der Waals surface area contributed by atoms with Gasteiger partial charge in [-0.1, -0.05) is 61.9 Å². The maximum atomic E-state index is 14.6. The standard InChI is InChI=1S/C28H32N2O6/c1-5-13-21-23(19-14-9-8-10-15-19)27(28(29-21,25(33)35-6-2)26(34)36-7-3)20-16-11-12-17-22(20)30(18(4)31)24(27)32/h8-12,14-17,21,23,29H,5-7,13H2,1-4H3/t21-,23-,27-/m1/s1. The predicted octanol–water partition coefficient (Wildman–Crippen LogP) is 3.24. The maximum absolute atomic E-state index is 14.6. The van der Waals surface area contributed by atoms with E-state index in [1.807, 2.05) is 37.3 Å². The summed E-state index contributed by atoms with van der Waals surface area (Å²) in [6.07, 6.45) is 1.29. The molecule has 0 aromatic heterocycles. The van der Waals surface area contributed by atoms with Crippen molar-refractivity contribution in [3.05, 3.63) is 65.7 Å². The molecule has 8 nitrogen and oxygen atoms in total. The molecule has 0 radical (unpaired) electrons. The molecule has 2 aliphatic heterocycles. The molecule has 2 aliphatic rings. The van der Waals surface area contributed by atoms with Crippen molar-refractivity contribution >= 4 is 29.4 Å². The van der Waals surface area contributed by atoms with E-state index in [-0.39, 0.29) is 13.2 Å². The van der Waals surface area contributed by atoms with Crippen molar-refractivity contribution in [3.63, 3.8) is 0 Å². The number of hydrogen-bond donors (Lipinski definition) is 1. The number of carbonyl (C=O) groups is 4. The summed E-state index contributed by atoms with van der Waals surface area (Å²) in [6.45, 7) is 6.58. The summed E-state index contributed by atoms with van der Waals surface area (Å²) in [5, 5.41) is 3.28. The highest BCUT2D eigenvalue weighted by atomic mass is 16.6. The van der Waals surface area contributed by atoms with Gasteiger partial charge in [0.2, 0.25) is 17.4 Å². The first kappa shape index (κ1) is 25.6. The first-order chi connectivity index (χ1) is 17.3. The molecule has 0 unspecified atom stereocenters. The van der Waals surface area contributed by atoms with Gasteiger partial charge in [0, 0.05) is 18.9 Å². The minimum atomic E-state index is -2.20. The van der Waals surface area contributed by atoms with E-state index in [9.17, 15) is 19.2 Å². The lowest BCUT2D eigenvalue weighted by atomic mass is 9.58. The predicted molar refractivity (Wildman–Crippen MR) is 133 cm³/mol. The first-order valence-electron chi connectivity index (χ1n) is 12.4. The van der Waals surface area contributed by atoms with Gasteiger partial charge >= 0.3 is 11.9 Å². The van der Waals surface area contributed by atoms with Crippen LogP contribution in [-0.4, -0.2) is 48.5 Å². The molecule has 8 heteroatoms. The van der Waals surface area contributed by atoms with E-state index in [1.165, 1.54) is 6.92 Å². The fourth-order valence-electron chi connectivity index (χ4n) is 6.08. The lowest BCUT2D eigenvalue weighted by Crippen LogP contribution is -2.70. The fraction of sp³-hybridized carbons (Fsp3) is 0.429. The fourth-order valence-corrected chi connectivity index (χ4v) is 6.08. The molecule has 0 bridgehead atoms. The average Bonchev–Trinajstić information content (AvgIpc) is 3.31. The molecule has 1 saturated heterocycles. The Morgan fingerprint density at radius 3 is 2.06 bits per heavy atom. The number of esters is 2. The van der Waals surface area contributed by atoms with Crippen LogP contribution >= 0.6 is 0 Å². The molecule has 1 spiro atoms. The number of carbonyl (C=O) groups excluding carboxylic acids is 4. The zero-order valence-corrected chi connectivity index (χ0v) is 21.1. The highest BCUT2D eigenvalue weighted by Gasteiger charge is 2.80. The number of ether oxygens (including phenoxy) is 2. The van der Waals surface area contributed by atoms with E-state index < -0.39 is 46.7 Å². The zero-order chi connectivity index (χ0) is 26.1. The maximum Gasteiger partial charge on any atom is 0.339 e. The Labute approximate surface area is 210 Å². The van der Waals surface area contributed by atoms with Gasteiger partial charge in [0.15, 0.2) is 0 Å². The van der Waals surface area contributed by atoms with Gasteiger partial charge in [-0.05, 0) is 37.5 Å². The van der Waals surface area contributed by atoms with Crippen LogP contribution in [0.5, 0.6) is 0 Å². The second kappa shape index (κ2) is 9.85. The zero-order valence-electron chi connectivity index (χ0n) is 21.1. The van der Waals surface area contributed by atoms with Crippen LogP contribution in [0.3, 0.4) is 0 Å². The van der Waals surface area contributed by atoms with E-state index >= 15 is 0 Å². The van der Waals surface area contributed by atoms with Crippen molar-refractivity contribution in [3.8, 4) is 0 Å². The highest BCUT2D eigenvalue weighted by Crippen LogP contribution is 2.61. The van der Waals surface area contributed by atoms with Crippen LogP contribution in [-0.2, 0) is 34.1 Å². The Kier molecular flexibility index (Phi) is 7.00. The third kappa shape index (κ3) is 3.38. The normalized spacial score (nSPS) is 24.0. The Bertz CT molecular complexity index is 1160. The van der Waals surface area contributed by atoms with Crippen molar-refractivity contribution < 1.29 is 28.7 Å². The third-order valence-electron chi connectivity index (χ3n) is 7.21. The number of anilines is 1. The Morgan fingerprint density at radius 2 is 1.50 bits per heavy atom. The molecule has 2 amide bonds. The van der Waals surface area contributed by atoms with Crippen LogP contribution in [0, 0.1) is 0 Å². The molecule has 3 atom stereocenters. The summed E-state index contributed by atoms with van der Waals surface area (Å²) in [6, 6.07) is 15.7. The molecule has 190 valence electrons. The van der Waals surface area contributed by atoms with E-state index in [0.29, 0.717) is 17.7 Å². The number of amides is 2. The lowest BCUT2D eigenvalue weighted by molar-refractivity contribution is -0.171. The summed E-state index contributed by atoms with van der Waals surface area (Å²) in [5.41, 5.74) is -2.46. The summed E-state index contributed by atoms with van der Waals surface area (Å²) in [5.74, 6) is -3.59. The van der Waals surface area contributed by atoms with Crippen molar-refractivity contribution in [2.75, 3.05) is 18.1 Å². The smallest absolute Gasteiger partial charge is 0.339 e. The first-order valence-corrected chi connectivity index (χ1v) is 12.4. The Hall–Kier alpha value is -3.52. The van der Waals surface area contributed by atoms with Crippen LogP contribution in [0.2, 0.25) is 0 Å². The quantitative estimate of drug-likeness (QED) is 0.468. The number of imide groups is 1. The van der Waals surface area contributed by atoms with Gasteiger partial charge in [-0.2, -0.15) is 0 Å². The van der Waals surface area contributed by atoms with E-state index in [2.05, 4.69) is 5.32 Å². The van der Waals surface area contributed by atoms with Crippen molar-refractivity contribution in [2.45, 2.75) is 63.5 Å². The summed E-state index contributed by atoms with van der Waals surface area (Å²) in [4.78, 5) is 56.5. The topological polar surface area (TPSA) is 102 Å².